The van der Waals surface area contributed by atoms with Crippen LogP contribution in [0.1, 0.15) is 24.1 Å². The van der Waals surface area contributed by atoms with Crippen LogP contribution in [-0.2, 0) is 20.9 Å². The number of hydrogen-bond donors (Lipinski definition) is 1. The Kier molecular flexibility index (Phi) is 7.77. The third kappa shape index (κ3) is 5.44. The van der Waals surface area contributed by atoms with E-state index in [2.05, 4.69) is 21.8 Å². The van der Waals surface area contributed by atoms with Crippen LogP contribution in [-0.4, -0.2) is 29.1 Å². The predicted octanol–water partition coefficient (Wildman–Crippen LogP) is 4.10. The summed E-state index contributed by atoms with van der Waals surface area (Å²) < 4.78 is 4.52. The number of para-hydroxylation sites is 1. The summed E-state index contributed by atoms with van der Waals surface area (Å²) in [4.78, 5) is 25.6. The molecular formula is C21H22ClN3O3. The van der Waals surface area contributed by atoms with Crippen LogP contribution in [0.3, 0.4) is 0 Å². The molecule has 0 aliphatic rings. The first-order valence-electron chi connectivity index (χ1n) is 8.61. The second kappa shape index (κ2) is 10.3. The molecule has 28 heavy (non-hydrogen) atoms. The highest BCUT2D eigenvalue weighted by Crippen LogP contribution is 2.25. The summed E-state index contributed by atoms with van der Waals surface area (Å²) in [5.41, 5.74) is 5.19. The minimum absolute atomic E-state index is 0.165. The summed E-state index contributed by atoms with van der Waals surface area (Å²) in [6, 6.07) is 16.9. The van der Waals surface area contributed by atoms with Crippen molar-refractivity contribution in [3.63, 3.8) is 0 Å². The third-order valence-corrected chi connectivity index (χ3v) is 4.43. The van der Waals surface area contributed by atoms with Gasteiger partial charge in [0.1, 0.15) is 0 Å². The Morgan fingerprint density at radius 2 is 1.86 bits per heavy atom. The molecule has 0 bridgehead atoms. The van der Waals surface area contributed by atoms with Crippen molar-refractivity contribution < 1.29 is 14.3 Å². The Bertz CT molecular complexity index is 868. The van der Waals surface area contributed by atoms with E-state index in [-0.39, 0.29) is 17.1 Å². The number of esters is 1. The standard InChI is InChI=1S/C21H22ClN3O3/c1-4-19(26)25(15(2)16-10-6-5-7-11-16)14-17-12-8-9-13-18(17)23-24-20(22)21(27)28-3/h4-13,15,23H,1,14H2,2-3H3/b24-20+/t15-/m0/s1. The molecule has 0 heterocycles. The van der Waals surface area contributed by atoms with E-state index in [0.29, 0.717) is 12.2 Å². The molecule has 1 N–H and O–H groups in total. The van der Waals surface area contributed by atoms with Gasteiger partial charge in [-0.2, -0.15) is 5.10 Å². The van der Waals surface area contributed by atoms with E-state index in [1.54, 1.807) is 11.0 Å². The predicted molar refractivity (Wildman–Crippen MR) is 111 cm³/mol. The van der Waals surface area contributed by atoms with Crippen LogP contribution in [0.15, 0.2) is 72.4 Å². The summed E-state index contributed by atoms with van der Waals surface area (Å²) in [7, 11) is 1.22. The molecule has 0 saturated heterocycles. The topological polar surface area (TPSA) is 71.0 Å². The third-order valence-electron chi connectivity index (χ3n) is 4.19. The van der Waals surface area contributed by atoms with Gasteiger partial charge in [0.25, 0.3) is 0 Å². The molecule has 0 unspecified atom stereocenters. The fourth-order valence-electron chi connectivity index (χ4n) is 2.62. The summed E-state index contributed by atoms with van der Waals surface area (Å²) in [6.45, 7) is 5.88. The molecule has 0 spiro atoms. The summed E-state index contributed by atoms with van der Waals surface area (Å²) in [6.07, 6.45) is 1.29. The molecule has 0 radical (unpaired) electrons. The highest BCUT2D eigenvalue weighted by atomic mass is 35.5. The van der Waals surface area contributed by atoms with Crippen molar-refractivity contribution in [3.05, 3.63) is 78.4 Å². The Labute approximate surface area is 169 Å². The number of carbonyl (C=O) groups excluding carboxylic acids is 2. The fourth-order valence-corrected chi connectivity index (χ4v) is 2.74. The average molecular weight is 400 g/mol. The van der Waals surface area contributed by atoms with Gasteiger partial charge >= 0.3 is 5.97 Å². The monoisotopic (exact) mass is 399 g/mol. The molecule has 0 aromatic heterocycles. The van der Waals surface area contributed by atoms with Crippen molar-refractivity contribution in [3.8, 4) is 0 Å². The number of ether oxygens (including phenoxy) is 1. The minimum Gasteiger partial charge on any atom is -0.464 e. The van der Waals surface area contributed by atoms with Crippen molar-refractivity contribution in [2.75, 3.05) is 12.5 Å². The van der Waals surface area contributed by atoms with Crippen LogP contribution in [0, 0.1) is 0 Å². The van der Waals surface area contributed by atoms with E-state index in [0.717, 1.165) is 11.1 Å². The van der Waals surface area contributed by atoms with Crippen LogP contribution in [0.5, 0.6) is 0 Å². The smallest absolute Gasteiger partial charge is 0.370 e. The number of nitrogens with zero attached hydrogens (tertiary/aromatic N) is 2. The molecule has 2 rings (SSSR count). The number of hydrogen-bond acceptors (Lipinski definition) is 5. The summed E-state index contributed by atoms with van der Waals surface area (Å²) >= 11 is 5.78. The van der Waals surface area contributed by atoms with Gasteiger partial charge in [0.2, 0.25) is 11.1 Å². The van der Waals surface area contributed by atoms with E-state index in [4.69, 9.17) is 11.6 Å². The molecule has 1 atom stereocenters. The highest BCUT2D eigenvalue weighted by molar-refractivity contribution is 6.82. The van der Waals surface area contributed by atoms with Crippen molar-refractivity contribution in [2.45, 2.75) is 19.5 Å². The fraction of sp³-hybridized carbons (Fsp3) is 0.190. The summed E-state index contributed by atoms with van der Waals surface area (Å²) in [5.74, 6) is -0.935. The molecule has 146 valence electrons. The van der Waals surface area contributed by atoms with Gasteiger partial charge in [-0.05, 0) is 30.2 Å². The summed E-state index contributed by atoms with van der Waals surface area (Å²) in [5, 5.41) is 3.51. The lowest BCUT2D eigenvalue weighted by Crippen LogP contribution is -2.32. The maximum absolute atomic E-state index is 12.5. The second-order valence-corrected chi connectivity index (χ2v) is 6.28. The van der Waals surface area contributed by atoms with Gasteiger partial charge in [0.15, 0.2) is 0 Å². The van der Waals surface area contributed by atoms with Gasteiger partial charge in [-0.3, -0.25) is 10.2 Å². The number of benzene rings is 2. The van der Waals surface area contributed by atoms with Crippen LogP contribution < -0.4 is 5.43 Å². The van der Waals surface area contributed by atoms with Crippen LogP contribution >= 0.6 is 11.6 Å². The van der Waals surface area contributed by atoms with E-state index in [1.807, 2.05) is 55.5 Å². The molecule has 7 heteroatoms. The lowest BCUT2D eigenvalue weighted by atomic mass is 10.1. The number of amides is 1. The zero-order valence-electron chi connectivity index (χ0n) is 15.8. The highest BCUT2D eigenvalue weighted by Gasteiger charge is 2.21. The van der Waals surface area contributed by atoms with Gasteiger partial charge in [-0.15, -0.1) is 0 Å². The van der Waals surface area contributed by atoms with E-state index in [1.165, 1.54) is 13.2 Å². The van der Waals surface area contributed by atoms with Crippen LogP contribution in [0.25, 0.3) is 0 Å². The Morgan fingerprint density at radius 3 is 2.50 bits per heavy atom. The Morgan fingerprint density at radius 1 is 1.21 bits per heavy atom. The van der Waals surface area contributed by atoms with E-state index < -0.39 is 5.97 Å². The molecule has 1 amide bonds. The number of methoxy groups -OCH3 is 1. The number of rotatable bonds is 8. The van der Waals surface area contributed by atoms with Gasteiger partial charge in [0.05, 0.1) is 18.8 Å². The Hall–Kier alpha value is -3.12. The molecule has 0 fully saturated rings. The zero-order valence-corrected chi connectivity index (χ0v) is 16.5. The molecular weight excluding hydrogens is 378 g/mol. The average Bonchev–Trinajstić information content (AvgIpc) is 2.75. The van der Waals surface area contributed by atoms with Gasteiger partial charge in [-0.1, -0.05) is 66.7 Å². The van der Waals surface area contributed by atoms with Gasteiger partial charge < -0.3 is 9.64 Å². The SMILES string of the molecule is C=CC(=O)N(Cc1ccccc1N/N=C(/Cl)C(=O)OC)[C@@H](C)c1ccccc1. The molecule has 0 aliphatic carbocycles. The van der Waals surface area contributed by atoms with E-state index in [9.17, 15) is 9.59 Å². The molecule has 0 aliphatic heterocycles. The van der Waals surface area contributed by atoms with Crippen molar-refractivity contribution in [2.24, 2.45) is 5.10 Å². The largest absolute Gasteiger partial charge is 0.464 e. The molecule has 0 saturated carbocycles. The van der Waals surface area contributed by atoms with Gasteiger partial charge in [-0.25, -0.2) is 4.79 Å². The lowest BCUT2D eigenvalue weighted by molar-refractivity contribution is -0.132. The number of halogens is 1. The first-order valence-corrected chi connectivity index (χ1v) is 8.99. The van der Waals surface area contributed by atoms with Crippen LogP contribution in [0.2, 0.25) is 0 Å². The van der Waals surface area contributed by atoms with Crippen molar-refractivity contribution in [1.29, 1.82) is 0 Å². The number of nitrogens with one attached hydrogen (secondary N) is 1. The van der Waals surface area contributed by atoms with Crippen molar-refractivity contribution >= 4 is 34.3 Å². The lowest BCUT2D eigenvalue weighted by Gasteiger charge is -2.29. The normalized spacial score (nSPS) is 12.0. The molecule has 2 aromatic rings. The number of carbonyl (C=O) groups is 2. The number of hydrazone groups is 1. The molecule has 6 nitrogen and oxygen atoms in total. The second-order valence-electron chi connectivity index (χ2n) is 5.92. The maximum Gasteiger partial charge on any atom is 0.370 e. The van der Waals surface area contributed by atoms with Gasteiger partial charge in [0, 0.05) is 6.54 Å². The zero-order chi connectivity index (χ0) is 20.5. The van der Waals surface area contributed by atoms with E-state index >= 15 is 0 Å². The van der Waals surface area contributed by atoms with Crippen molar-refractivity contribution in [1.82, 2.24) is 4.90 Å². The Balaban J connectivity index is 2.29. The minimum atomic E-state index is -0.743. The number of anilines is 1. The molecule has 2 aromatic carbocycles. The quantitative estimate of drug-likeness (QED) is 0.314. The van der Waals surface area contributed by atoms with Crippen LogP contribution in [0.4, 0.5) is 5.69 Å². The first-order chi connectivity index (χ1) is 13.5. The first kappa shape index (κ1) is 21.2. The maximum atomic E-state index is 12.5.